The van der Waals surface area contributed by atoms with Crippen LogP contribution in [0.2, 0.25) is 5.02 Å². The SMILES string of the molecule is N#CC1(NC(=O)[C@@H]2C[C@@H](S(=O)(=O)c3ccccc3Cl)CN2C(=O)C2(C3=CC(C(F)(F)F)=CCC3)CC2)CC1. The van der Waals surface area contributed by atoms with Gasteiger partial charge in [0.15, 0.2) is 9.84 Å². The summed E-state index contributed by atoms with van der Waals surface area (Å²) in [6.07, 6.45) is -0.717. The average Bonchev–Trinajstić information content (AvgIpc) is 3.80. The summed E-state index contributed by atoms with van der Waals surface area (Å²) in [5, 5.41) is 10.9. The second kappa shape index (κ2) is 9.12. The van der Waals surface area contributed by atoms with Crippen molar-refractivity contribution in [3.05, 3.63) is 52.6 Å². The highest BCUT2D eigenvalue weighted by Gasteiger charge is 2.59. The Morgan fingerprint density at radius 3 is 2.42 bits per heavy atom. The molecule has 202 valence electrons. The second-order valence-electron chi connectivity index (χ2n) is 10.4. The first kappa shape index (κ1) is 26.8. The van der Waals surface area contributed by atoms with E-state index in [0.717, 1.165) is 12.2 Å². The van der Waals surface area contributed by atoms with E-state index in [0.29, 0.717) is 31.3 Å². The average molecular weight is 568 g/mol. The molecule has 1 heterocycles. The van der Waals surface area contributed by atoms with Crippen molar-refractivity contribution >= 4 is 33.3 Å². The minimum absolute atomic E-state index is 0.0113. The summed E-state index contributed by atoms with van der Waals surface area (Å²) in [5.74, 6) is -1.19. The molecule has 0 aromatic heterocycles. The van der Waals surface area contributed by atoms with E-state index in [9.17, 15) is 36.4 Å². The number of amides is 2. The molecule has 1 aliphatic heterocycles. The summed E-state index contributed by atoms with van der Waals surface area (Å²) < 4.78 is 67.2. The number of allylic oxidation sites excluding steroid dienone is 3. The van der Waals surface area contributed by atoms with Crippen LogP contribution in [0, 0.1) is 16.7 Å². The zero-order valence-electron chi connectivity index (χ0n) is 20.2. The fourth-order valence-electron chi connectivity index (χ4n) is 5.41. The Morgan fingerprint density at radius 2 is 1.84 bits per heavy atom. The standard InChI is InChI=1S/C26H25ClF3N3O4S/c27-19-6-1-2-7-21(19)38(36,37)18-13-20(22(34)32-24(15-31)8-9-24)33(14-18)23(35)25(10-11-25)16-4-3-5-17(12-16)26(28,29)30/h1-2,5-7,12,18,20H,3-4,8-11,13-14H2,(H,32,34)/t18-,20+/m1/s1. The van der Waals surface area contributed by atoms with Gasteiger partial charge in [0.2, 0.25) is 11.8 Å². The van der Waals surface area contributed by atoms with Gasteiger partial charge in [0, 0.05) is 6.54 Å². The Bertz CT molecular complexity index is 1410. The third kappa shape index (κ3) is 4.62. The molecule has 1 N–H and O–H groups in total. The molecule has 38 heavy (non-hydrogen) atoms. The van der Waals surface area contributed by atoms with Crippen LogP contribution in [0.3, 0.4) is 0 Å². The highest BCUT2D eigenvalue weighted by molar-refractivity contribution is 7.92. The first-order valence-corrected chi connectivity index (χ1v) is 14.3. The molecular weight excluding hydrogens is 543 g/mol. The number of nitrogens with zero attached hydrogens (tertiary/aromatic N) is 2. The van der Waals surface area contributed by atoms with E-state index >= 15 is 0 Å². The third-order valence-corrected chi connectivity index (χ3v) is 10.6. The smallest absolute Gasteiger partial charge is 0.336 e. The summed E-state index contributed by atoms with van der Waals surface area (Å²) in [4.78, 5) is 28.3. The molecule has 1 aromatic rings. The summed E-state index contributed by atoms with van der Waals surface area (Å²) in [7, 11) is -4.06. The van der Waals surface area contributed by atoms with Gasteiger partial charge in [-0.3, -0.25) is 9.59 Å². The van der Waals surface area contributed by atoms with E-state index in [1.165, 1.54) is 23.1 Å². The zero-order chi connectivity index (χ0) is 27.5. The van der Waals surface area contributed by atoms with Crippen LogP contribution in [0.25, 0.3) is 0 Å². The van der Waals surface area contributed by atoms with E-state index in [-0.39, 0.29) is 35.7 Å². The number of sulfone groups is 1. The molecule has 3 aliphatic carbocycles. The maximum absolute atomic E-state index is 13.9. The number of likely N-dealkylation sites (tertiary alicyclic amines) is 1. The van der Waals surface area contributed by atoms with Crippen LogP contribution in [0.1, 0.15) is 44.9 Å². The fraction of sp³-hybridized carbons (Fsp3) is 0.500. The molecule has 7 nitrogen and oxygen atoms in total. The minimum Gasteiger partial charge on any atom is -0.336 e. The molecule has 0 spiro atoms. The lowest BCUT2D eigenvalue weighted by Crippen LogP contribution is -2.51. The van der Waals surface area contributed by atoms with Gasteiger partial charge in [-0.25, -0.2) is 8.42 Å². The first-order valence-electron chi connectivity index (χ1n) is 12.3. The first-order chi connectivity index (χ1) is 17.8. The number of carbonyl (C=O) groups is 2. The predicted octanol–water partition coefficient (Wildman–Crippen LogP) is 4.24. The Hall–Kier alpha value is -2.84. The monoisotopic (exact) mass is 567 g/mol. The van der Waals surface area contributed by atoms with E-state index < -0.39 is 55.6 Å². The largest absolute Gasteiger partial charge is 0.416 e. The molecule has 3 fully saturated rings. The third-order valence-electron chi connectivity index (χ3n) is 7.94. The van der Waals surface area contributed by atoms with E-state index in [4.69, 9.17) is 11.6 Å². The highest BCUT2D eigenvalue weighted by atomic mass is 35.5. The van der Waals surface area contributed by atoms with Crippen LogP contribution >= 0.6 is 11.6 Å². The molecule has 2 atom stereocenters. The lowest BCUT2D eigenvalue weighted by Gasteiger charge is -2.31. The molecule has 0 bridgehead atoms. The summed E-state index contributed by atoms with van der Waals surface area (Å²) in [5.41, 5.74) is -2.69. The Balaban J connectivity index is 1.47. The number of benzene rings is 1. The molecule has 12 heteroatoms. The molecule has 5 rings (SSSR count). The molecule has 2 amide bonds. The van der Waals surface area contributed by atoms with Gasteiger partial charge in [-0.1, -0.05) is 41.5 Å². The highest BCUT2D eigenvalue weighted by Crippen LogP contribution is 2.57. The van der Waals surface area contributed by atoms with Gasteiger partial charge in [0.1, 0.15) is 11.6 Å². The molecule has 4 aliphatic rings. The van der Waals surface area contributed by atoms with E-state index in [1.807, 2.05) is 6.07 Å². The van der Waals surface area contributed by atoms with Gasteiger partial charge in [-0.2, -0.15) is 18.4 Å². The van der Waals surface area contributed by atoms with Crippen LogP contribution < -0.4 is 5.32 Å². The number of hydrogen-bond acceptors (Lipinski definition) is 5. The maximum Gasteiger partial charge on any atom is 0.416 e. The molecule has 1 saturated heterocycles. The van der Waals surface area contributed by atoms with E-state index in [1.54, 1.807) is 6.07 Å². The Labute approximate surface area is 223 Å². The summed E-state index contributed by atoms with van der Waals surface area (Å²) in [6, 6.07) is 6.75. The number of nitrogens with one attached hydrogen (secondary N) is 1. The van der Waals surface area contributed by atoms with Crippen molar-refractivity contribution in [2.45, 2.75) is 72.8 Å². The van der Waals surface area contributed by atoms with Crippen molar-refractivity contribution in [1.82, 2.24) is 10.2 Å². The quantitative estimate of drug-likeness (QED) is 0.553. The van der Waals surface area contributed by atoms with Crippen LogP contribution in [0.4, 0.5) is 13.2 Å². The number of rotatable bonds is 6. The number of alkyl halides is 3. The van der Waals surface area contributed by atoms with E-state index in [2.05, 4.69) is 5.32 Å². The molecule has 2 saturated carbocycles. The molecule has 0 unspecified atom stereocenters. The number of halogens is 4. The number of hydrogen-bond donors (Lipinski definition) is 1. The van der Waals surface area contributed by atoms with Crippen molar-refractivity contribution in [3.8, 4) is 6.07 Å². The Morgan fingerprint density at radius 1 is 1.16 bits per heavy atom. The lowest BCUT2D eigenvalue weighted by atomic mass is 9.85. The zero-order valence-corrected chi connectivity index (χ0v) is 21.8. The van der Waals surface area contributed by atoms with Gasteiger partial charge in [0.05, 0.1) is 32.2 Å². The van der Waals surface area contributed by atoms with Crippen molar-refractivity contribution in [3.63, 3.8) is 0 Å². The van der Waals surface area contributed by atoms with Gasteiger partial charge in [-0.15, -0.1) is 0 Å². The van der Waals surface area contributed by atoms with Crippen molar-refractivity contribution in [1.29, 1.82) is 5.26 Å². The van der Waals surface area contributed by atoms with Crippen LogP contribution in [0.5, 0.6) is 0 Å². The Kier molecular flexibility index (Phi) is 6.42. The summed E-state index contributed by atoms with van der Waals surface area (Å²) in [6.45, 7) is -0.305. The number of nitriles is 1. The lowest BCUT2D eigenvalue weighted by molar-refractivity contribution is -0.142. The normalized spacial score (nSPS) is 25.6. The van der Waals surface area contributed by atoms with Gasteiger partial charge < -0.3 is 10.2 Å². The van der Waals surface area contributed by atoms with Gasteiger partial charge in [-0.05, 0) is 57.1 Å². The molecular formula is C26H25ClF3N3O4S. The van der Waals surface area contributed by atoms with Crippen molar-refractivity contribution in [2.75, 3.05) is 6.54 Å². The maximum atomic E-state index is 13.9. The van der Waals surface area contributed by atoms with Gasteiger partial charge >= 0.3 is 6.18 Å². The van der Waals surface area contributed by atoms with Crippen LogP contribution in [-0.2, 0) is 19.4 Å². The fourth-order valence-corrected chi connectivity index (χ4v) is 7.63. The topological polar surface area (TPSA) is 107 Å². The molecule has 0 radical (unpaired) electrons. The molecule has 1 aromatic carbocycles. The van der Waals surface area contributed by atoms with Crippen molar-refractivity contribution in [2.24, 2.45) is 5.41 Å². The van der Waals surface area contributed by atoms with Crippen LogP contribution in [-0.4, -0.2) is 54.7 Å². The predicted molar refractivity (Wildman–Crippen MR) is 131 cm³/mol. The van der Waals surface area contributed by atoms with Crippen LogP contribution in [0.15, 0.2) is 52.5 Å². The van der Waals surface area contributed by atoms with Gasteiger partial charge in [0.25, 0.3) is 0 Å². The minimum atomic E-state index is -4.55. The van der Waals surface area contributed by atoms with Crippen molar-refractivity contribution < 1.29 is 31.2 Å². The number of carbonyl (C=O) groups excluding carboxylic acids is 2. The summed E-state index contributed by atoms with van der Waals surface area (Å²) >= 11 is 6.15. The second-order valence-corrected chi connectivity index (χ2v) is 13.0.